The van der Waals surface area contributed by atoms with Crippen molar-refractivity contribution in [2.45, 2.75) is 44.8 Å². The number of aryl methyl sites for hydroxylation is 1. The smallest absolute Gasteiger partial charge is 0.194 e. The summed E-state index contributed by atoms with van der Waals surface area (Å²) in [5.74, 6) is 0.889. The number of aliphatic hydroxyl groups is 1. The lowest BCUT2D eigenvalue weighted by Crippen LogP contribution is -2.49. The van der Waals surface area contributed by atoms with Crippen LogP contribution in [0.1, 0.15) is 43.4 Å². The maximum atomic E-state index is 10.3. The first kappa shape index (κ1) is 20.5. The van der Waals surface area contributed by atoms with Gasteiger partial charge in [0.15, 0.2) is 5.96 Å². The van der Waals surface area contributed by atoms with Crippen molar-refractivity contribution in [1.82, 2.24) is 10.2 Å². The van der Waals surface area contributed by atoms with Gasteiger partial charge in [-0.3, -0.25) is 4.99 Å². The van der Waals surface area contributed by atoms with Gasteiger partial charge in [0.1, 0.15) is 6.10 Å². The average Bonchev–Trinajstić information content (AvgIpc) is 2.57. The first-order valence-electron chi connectivity index (χ1n) is 9.04. The average molecular weight is 459 g/mol. The predicted octanol–water partition coefficient (Wildman–Crippen LogP) is 2.87. The zero-order valence-electron chi connectivity index (χ0n) is 15.2. The predicted molar refractivity (Wildman–Crippen MR) is 112 cm³/mol. The molecule has 25 heavy (non-hydrogen) atoms. The Morgan fingerprint density at radius 3 is 2.80 bits per heavy atom. The van der Waals surface area contributed by atoms with Gasteiger partial charge in [0.05, 0.1) is 25.3 Å². The minimum atomic E-state index is -0.581. The maximum absolute atomic E-state index is 10.3. The lowest BCUT2D eigenvalue weighted by atomic mass is 9.80. The number of nitrogens with one attached hydrogen (secondary N) is 1. The van der Waals surface area contributed by atoms with E-state index in [-0.39, 0.29) is 30.1 Å². The van der Waals surface area contributed by atoms with Crippen LogP contribution in [0.4, 0.5) is 0 Å². The highest BCUT2D eigenvalue weighted by molar-refractivity contribution is 14.0. The first-order chi connectivity index (χ1) is 11.6. The lowest BCUT2D eigenvalue weighted by Gasteiger charge is -2.38. The summed E-state index contributed by atoms with van der Waals surface area (Å²) in [5.41, 5.74) is 1.92. The van der Waals surface area contributed by atoms with Crippen molar-refractivity contribution < 1.29 is 9.84 Å². The van der Waals surface area contributed by atoms with Crippen molar-refractivity contribution in [3.8, 4) is 0 Å². The highest BCUT2D eigenvalue weighted by Gasteiger charge is 2.34. The molecule has 1 aliphatic carbocycles. The van der Waals surface area contributed by atoms with E-state index < -0.39 is 5.60 Å². The van der Waals surface area contributed by atoms with Crippen molar-refractivity contribution in [3.05, 3.63) is 35.4 Å². The minimum absolute atomic E-state index is 0. The number of morpholine rings is 1. The molecule has 1 heterocycles. The molecule has 2 fully saturated rings. The van der Waals surface area contributed by atoms with Gasteiger partial charge >= 0.3 is 0 Å². The van der Waals surface area contributed by atoms with Crippen LogP contribution in [-0.2, 0) is 4.74 Å². The fraction of sp³-hybridized carbons (Fsp3) is 0.632. The molecular weight excluding hydrogens is 429 g/mol. The van der Waals surface area contributed by atoms with Crippen LogP contribution in [-0.4, -0.2) is 54.4 Å². The number of hydrogen-bond acceptors (Lipinski definition) is 3. The Labute approximate surface area is 167 Å². The Balaban J connectivity index is 0.00000225. The molecule has 5 nitrogen and oxygen atoms in total. The Morgan fingerprint density at radius 2 is 2.16 bits per heavy atom. The SMILES string of the molecule is CCNC(=NCC1(O)CCC1)N1CCOC(c2ccccc2C)C1.I. The number of guanidine groups is 1. The summed E-state index contributed by atoms with van der Waals surface area (Å²) in [6.45, 7) is 7.82. The highest BCUT2D eigenvalue weighted by atomic mass is 127. The molecule has 1 atom stereocenters. The topological polar surface area (TPSA) is 57.1 Å². The molecule has 1 aromatic carbocycles. The third-order valence-electron chi connectivity index (χ3n) is 5.04. The fourth-order valence-corrected chi connectivity index (χ4v) is 3.37. The zero-order chi connectivity index (χ0) is 17.0. The van der Waals surface area contributed by atoms with Crippen molar-refractivity contribution in [3.63, 3.8) is 0 Å². The third kappa shape index (κ3) is 5.08. The van der Waals surface area contributed by atoms with E-state index in [1.54, 1.807) is 0 Å². The van der Waals surface area contributed by atoms with Crippen molar-refractivity contribution in [1.29, 1.82) is 0 Å². The van der Waals surface area contributed by atoms with E-state index in [1.807, 2.05) is 0 Å². The number of benzene rings is 1. The molecule has 1 aromatic rings. The molecule has 0 bridgehead atoms. The van der Waals surface area contributed by atoms with E-state index in [4.69, 9.17) is 9.73 Å². The third-order valence-corrected chi connectivity index (χ3v) is 5.04. The zero-order valence-corrected chi connectivity index (χ0v) is 17.5. The fourth-order valence-electron chi connectivity index (χ4n) is 3.37. The van der Waals surface area contributed by atoms with E-state index in [2.05, 4.69) is 48.3 Å². The molecule has 6 heteroatoms. The van der Waals surface area contributed by atoms with Gasteiger partial charge in [-0.05, 0) is 44.2 Å². The summed E-state index contributed by atoms with van der Waals surface area (Å²) in [5, 5.41) is 13.7. The molecule has 1 saturated carbocycles. The van der Waals surface area contributed by atoms with Gasteiger partial charge in [0.2, 0.25) is 0 Å². The summed E-state index contributed by atoms with van der Waals surface area (Å²) in [7, 11) is 0. The van der Waals surface area contributed by atoms with E-state index in [0.717, 1.165) is 44.9 Å². The quantitative estimate of drug-likeness (QED) is 0.413. The van der Waals surface area contributed by atoms with Gasteiger partial charge in [-0.2, -0.15) is 0 Å². The van der Waals surface area contributed by atoms with Crippen LogP contribution in [0.25, 0.3) is 0 Å². The van der Waals surface area contributed by atoms with Gasteiger partial charge < -0.3 is 20.1 Å². The van der Waals surface area contributed by atoms with Crippen LogP contribution in [0, 0.1) is 6.92 Å². The molecule has 0 spiro atoms. The van der Waals surface area contributed by atoms with Crippen molar-refractivity contribution in [2.24, 2.45) is 4.99 Å². The molecular formula is C19H30IN3O2. The summed E-state index contributed by atoms with van der Waals surface area (Å²) >= 11 is 0. The second kappa shape index (κ2) is 9.19. The summed E-state index contributed by atoms with van der Waals surface area (Å²) in [6.07, 6.45) is 2.90. The molecule has 1 unspecified atom stereocenters. The normalized spacial score (nSPS) is 22.8. The molecule has 0 amide bonds. The number of halogens is 1. The minimum Gasteiger partial charge on any atom is -0.388 e. The molecule has 0 radical (unpaired) electrons. The number of ether oxygens (including phenoxy) is 1. The van der Waals surface area contributed by atoms with Crippen molar-refractivity contribution in [2.75, 3.05) is 32.8 Å². The van der Waals surface area contributed by atoms with Crippen LogP contribution in [0.2, 0.25) is 0 Å². The van der Waals surface area contributed by atoms with Gasteiger partial charge in [-0.1, -0.05) is 24.3 Å². The maximum Gasteiger partial charge on any atom is 0.194 e. The molecule has 1 saturated heterocycles. The molecule has 3 rings (SSSR count). The number of nitrogens with zero attached hydrogens (tertiary/aromatic N) is 2. The Bertz CT molecular complexity index is 590. The molecule has 2 aliphatic rings. The van der Waals surface area contributed by atoms with E-state index in [1.165, 1.54) is 11.1 Å². The van der Waals surface area contributed by atoms with Crippen LogP contribution in [0.15, 0.2) is 29.3 Å². The standard InChI is InChI=1S/C19H29N3O2.HI/c1-3-20-18(21-14-19(23)9-6-10-19)22-11-12-24-17(13-22)16-8-5-4-7-15(16)2;/h4-5,7-8,17,23H,3,6,9-14H2,1-2H3,(H,20,21);1H. The van der Waals surface area contributed by atoms with Crippen molar-refractivity contribution >= 4 is 29.9 Å². The lowest BCUT2D eigenvalue weighted by molar-refractivity contribution is -0.0249. The molecule has 140 valence electrons. The van der Waals surface area contributed by atoms with Gasteiger partial charge in [-0.15, -0.1) is 24.0 Å². The summed E-state index contributed by atoms with van der Waals surface area (Å²) in [6, 6.07) is 8.40. The Kier molecular flexibility index (Phi) is 7.51. The number of aliphatic imine (C=N–C) groups is 1. The molecule has 1 aliphatic heterocycles. The van der Waals surface area contributed by atoms with Crippen LogP contribution in [0.3, 0.4) is 0 Å². The Hall–Kier alpha value is -0.860. The van der Waals surface area contributed by atoms with Gasteiger partial charge in [-0.25, -0.2) is 0 Å². The summed E-state index contributed by atoms with van der Waals surface area (Å²) in [4.78, 5) is 6.96. The van der Waals surface area contributed by atoms with Crippen LogP contribution >= 0.6 is 24.0 Å². The Morgan fingerprint density at radius 1 is 1.40 bits per heavy atom. The molecule has 0 aromatic heterocycles. The van der Waals surface area contributed by atoms with E-state index in [9.17, 15) is 5.11 Å². The first-order valence-corrected chi connectivity index (χ1v) is 9.04. The van der Waals surface area contributed by atoms with Crippen LogP contribution in [0.5, 0.6) is 0 Å². The van der Waals surface area contributed by atoms with Crippen LogP contribution < -0.4 is 5.32 Å². The summed E-state index contributed by atoms with van der Waals surface area (Å²) < 4.78 is 6.01. The second-order valence-electron chi connectivity index (χ2n) is 6.91. The number of rotatable bonds is 4. The second-order valence-corrected chi connectivity index (χ2v) is 6.91. The number of hydrogen-bond donors (Lipinski definition) is 2. The van der Waals surface area contributed by atoms with E-state index in [0.29, 0.717) is 13.2 Å². The molecule has 2 N–H and O–H groups in total. The monoisotopic (exact) mass is 459 g/mol. The van der Waals surface area contributed by atoms with Gasteiger partial charge in [0.25, 0.3) is 0 Å². The van der Waals surface area contributed by atoms with Gasteiger partial charge in [0, 0.05) is 13.1 Å². The highest BCUT2D eigenvalue weighted by Crippen LogP contribution is 2.32. The largest absolute Gasteiger partial charge is 0.388 e. The van der Waals surface area contributed by atoms with E-state index >= 15 is 0 Å².